The third-order valence-corrected chi connectivity index (χ3v) is 3.99. The first-order valence-corrected chi connectivity index (χ1v) is 6.36. The molecule has 1 saturated heterocycles. The van der Waals surface area contributed by atoms with Gasteiger partial charge in [0.15, 0.2) is 5.17 Å². The molecule has 1 fully saturated rings. The van der Waals surface area contributed by atoms with Crippen molar-refractivity contribution in [3.63, 3.8) is 0 Å². The summed E-state index contributed by atoms with van der Waals surface area (Å²) in [5.41, 5.74) is 0.187. The van der Waals surface area contributed by atoms with Crippen molar-refractivity contribution in [2.75, 3.05) is 5.75 Å². The highest BCUT2D eigenvalue weighted by atomic mass is 32.2. The Morgan fingerprint density at radius 3 is 3.07 bits per heavy atom. The Kier molecular flexibility index (Phi) is 2.78. The quantitative estimate of drug-likeness (QED) is 0.841. The molecule has 1 aliphatic heterocycles. The van der Waals surface area contributed by atoms with Crippen LogP contribution in [0.25, 0.3) is 0 Å². The molecule has 0 spiro atoms. The van der Waals surface area contributed by atoms with Crippen LogP contribution in [0.15, 0.2) is 16.6 Å². The van der Waals surface area contributed by atoms with E-state index in [0.29, 0.717) is 6.54 Å². The first-order valence-electron chi connectivity index (χ1n) is 4.49. The highest BCUT2D eigenvalue weighted by Crippen LogP contribution is 2.22. The molecule has 76 valence electrons. The Labute approximate surface area is 92.0 Å². The van der Waals surface area contributed by atoms with Gasteiger partial charge in [-0.15, -0.1) is 11.3 Å². The number of nitrogens with zero attached hydrogens (tertiary/aromatic N) is 2. The summed E-state index contributed by atoms with van der Waals surface area (Å²) in [5.74, 6) is 1.09. The molecule has 3 nitrogen and oxygen atoms in total. The van der Waals surface area contributed by atoms with E-state index in [9.17, 15) is 0 Å². The molecule has 0 amide bonds. The third-order valence-electron chi connectivity index (χ3n) is 1.86. The molecule has 5 heteroatoms. The summed E-state index contributed by atoms with van der Waals surface area (Å²) in [4.78, 5) is 8.67. The summed E-state index contributed by atoms with van der Waals surface area (Å²) < 4.78 is 0. The van der Waals surface area contributed by atoms with E-state index >= 15 is 0 Å². The van der Waals surface area contributed by atoms with E-state index in [1.807, 2.05) is 11.6 Å². The SMILES string of the molecule is CC1(C)CSC(=NCc2nccs2)N1. The van der Waals surface area contributed by atoms with Gasteiger partial charge in [-0.25, -0.2) is 4.98 Å². The lowest BCUT2D eigenvalue weighted by atomic mass is 10.1. The van der Waals surface area contributed by atoms with Crippen LogP contribution in [0.3, 0.4) is 0 Å². The van der Waals surface area contributed by atoms with Gasteiger partial charge in [-0.2, -0.15) is 0 Å². The average molecular weight is 227 g/mol. The molecule has 0 aromatic carbocycles. The first-order chi connectivity index (χ1) is 6.66. The van der Waals surface area contributed by atoms with Gasteiger partial charge in [0.25, 0.3) is 0 Å². The van der Waals surface area contributed by atoms with Crippen molar-refractivity contribution in [2.45, 2.75) is 25.9 Å². The van der Waals surface area contributed by atoms with Crippen LogP contribution in [0.4, 0.5) is 0 Å². The summed E-state index contributed by atoms with van der Waals surface area (Å²) in [5, 5.41) is 7.48. The second-order valence-electron chi connectivity index (χ2n) is 3.84. The predicted octanol–water partition coefficient (Wildman–Crippen LogP) is 2.11. The maximum absolute atomic E-state index is 4.48. The Morgan fingerprint density at radius 1 is 1.64 bits per heavy atom. The predicted molar refractivity (Wildman–Crippen MR) is 62.9 cm³/mol. The zero-order valence-corrected chi connectivity index (χ0v) is 9.91. The minimum absolute atomic E-state index is 0.187. The van der Waals surface area contributed by atoms with Gasteiger partial charge in [0.1, 0.15) is 5.01 Å². The smallest absolute Gasteiger partial charge is 0.157 e. The number of nitrogens with one attached hydrogen (secondary N) is 1. The second-order valence-corrected chi connectivity index (χ2v) is 5.79. The van der Waals surface area contributed by atoms with Crippen molar-refractivity contribution >= 4 is 28.3 Å². The van der Waals surface area contributed by atoms with Gasteiger partial charge in [-0.1, -0.05) is 11.8 Å². The molecule has 0 radical (unpaired) electrons. The van der Waals surface area contributed by atoms with Gasteiger partial charge in [0, 0.05) is 22.9 Å². The monoisotopic (exact) mass is 227 g/mol. The fourth-order valence-corrected chi connectivity index (χ4v) is 2.78. The van der Waals surface area contributed by atoms with E-state index in [4.69, 9.17) is 0 Å². The molecule has 14 heavy (non-hydrogen) atoms. The van der Waals surface area contributed by atoms with Gasteiger partial charge in [-0.3, -0.25) is 4.99 Å². The number of thioether (sulfide) groups is 1. The minimum atomic E-state index is 0.187. The van der Waals surface area contributed by atoms with E-state index in [2.05, 4.69) is 29.1 Å². The Balaban J connectivity index is 1.94. The lowest BCUT2D eigenvalue weighted by Crippen LogP contribution is -2.36. The van der Waals surface area contributed by atoms with Gasteiger partial charge in [0.2, 0.25) is 0 Å². The second kappa shape index (κ2) is 3.90. The maximum Gasteiger partial charge on any atom is 0.157 e. The molecule has 2 rings (SSSR count). The average Bonchev–Trinajstić information content (AvgIpc) is 2.70. The molecule has 1 aliphatic rings. The van der Waals surface area contributed by atoms with Gasteiger partial charge in [0.05, 0.1) is 6.54 Å². The molecule has 1 N–H and O–H groups in total. The van der Waals surface area contributed by atoms with Crippen LogP contribution in [0.1, 0.15) is 18.9 Å². The number of aliphatic imine (C=N–C) groups is 1. The van der Waals surface area contributed by atoms with Gasteiger partial charge >= 0.3 is 0 Å². The zero-order chi connectivity index (χ0) is 10.0. The summed E-state index contributed by atoms with van der Waals surface area (Å²) in [6.45, 7) is 5.07. The number of hydrogen-bond acceptors (Lipinski definition) is 4. The van der Waals surface area contributed by atoms with Gasteiger partial charge in [-0.05, 0) is 13.8 Å². The van der Waals surface area contributed by atoms with Crippen molar-refractivity contribution in [1.82, 2.24) is 10.3 Å². The van der Waals surface area contributed by atoms with Crippen LogP contribution in [0.5, 0.6) is 0 Å². The standard InChI is InChI=1S/C9H13N3S2/c1-9(2)6-14-8(12-9)11-5-7-10-3-4-13-7/h3-4H,5-6H2,1-2H3,(H,11,12). The van der Waals surface area contributed by atoms with Crippen molar-refractivity contribution < 1.29 is 0 Å². The molecular weight excluding hydrogens is 214 g/mol. The van der Waals surface area contributed by atoms with Crippen LogP contribution in [0.2, 0.25) is 0 Å². The maximum atomic E-state index is 4.48. The zero-order valence-electron chi connectivity index (χ0n) is 8.28. The number of aromatic nitrogens is 1. The molecule has 2 heterocycles. The fraction of sp³-hybridized carbons (Fsp3) is 0.556. The first kappa shape index (κ1) is 9.98. The van der Waals surface area contributed by atoms with Crippen molar-refractivity contribution in [3.8, 4) is 0 Å². The number of rotatable bonds is 2. The van der Waals surface area contributed by atoms with Crippen LogP contribution in [-0.2, 0) is 6.54 Å². The van der Waals surface area contributed by atoms with E-state index in [1.54, 1.807) is 23.1 Å². The summed E-state index contributed by atoms with van der Waals surface area (Å²) >= 11 is 3.44. The number of thiazole rings is 1. The highest BCUT2D eigenvalue weighted by molar-refractivity contribution is 8.14. The molecule has 0 saturated carbocycles. The largest absolute Gasteiger partial charge is 0.359 e. The third kappa shape index (κ3) is 2.48. The summed E-state index contributed by atoms with van der Waals surface area (Å²) in [6.07, 6.45) is 1.82. The van der Waals surface area contributed by atoms with Crippen LogP contribution < -0.4 is 5.32 Å². The Morgan fingerprint density at radius 2 is 2.50 bits per heavy atom. The van der Waals surface area contributed by atoms with Gasteiger partial charge < -0.3 is 5.32 Å². The molecule has 0 aliphatic carbocycles. The highest BCUT2D eigenvalue weighted by Gasteiger charge is 2.26. The van der Waals surface area contributed by atoms with Crippen LogP contribution >= 0.6 is 23.1 Å². The van der Waals surface area contributed by atoms with E-state index < -0.39 is 0 Å². The topological polar surface area (TPSA) is 37.3 Å². The molecular formula is C9H13N3S2. The van der Waals surface area contributed by atoms with E-state index in [-0.39, 0.29) is 5.54 Å². The molecule has 0 unspecified atom stereocenters. The molecule has 0 bridgehead atoms. The van der Waals surface area contributed by atoms with E-state index in [1.165, 1.54) is 0 Å². The lowest BCUT2D eigenvalue weighted by Gasteiger charge is -2.15. The van der Waals surface area contributed by atoms with Crippen LogP contribution in [-0.4, -0.2) is 21.4 Å². The number of hydrogen-bond donors (Lipinski definition) is 1. The Hall–Kier alpha value is -0.550. The van der Waals surface area contributed by atoms with Crippen LogP contribution in [0, 0.1) is 0 Å². The summed E-state index contributed by atoms with van der Waals surface area (Å²) in [6, 6.07) is 0. The fourth-order valence-electron chi connectivity index (χ4n) is 1.17. The van der Waals surface area contributed by atoms with Crippen molar-refractivity contribution in [3.05, 3.63) is 16.6 Å². The minimum Gasteiger partial charge on any atom is -0.359 e. The van der Waals surface area contributed by atoms with E-state index in [0.717, 1.165) is 15.9 Å². The summed E-state index contributed by atoms with van der Waals surface area (Å²) in [7, 11) is 0. The Bertz CT molecular complexity index is 330. The normalized spacial score (nSPS) is 22.6. The lowest BCUT2D eigenvalue weighted by molar-refractivity contribution is 0.536. The number of amidine groups is 1. The molecule has 0 atom stereocenters. The van der Waals surface area contributed by atoms with Crippen molar-refractivity contribution in [2.24, 2.45) is 4.99 Å². The van der Waals surface area contributed by atoms with Crippen molar-refractivity contribution in [1.29, 1.82) is 0 Å². The molecule has 1 aromatic rings. The molecule has 1 aromatic heterocycles.